The van der Waals surface area contributed by atoms with Gasteiger partial charge in [0.2, 0.25) is 5.91 Å². The maximum absolute atomic E-state index is 13.8. The van der Waals surface area contributed by atoms with Crippen molar-refractivity contribution >= 4 is 23.5 Å². The SMILES string of the molecule is CCCN(C(=O)N1C(=O)C(CC)(CC)[C@@H]1Oc1cccc(Cl)c1CO)[C@H](C)c1ccccc1. The Balaban J connectivity index is 1.97. The minimum Gasteiger partial charge on any atom is -0.468 e. The van der Waals surface area contributed by atoms with Crippen molar-refractivity contribution < 1.29 is 19.4 Å². The average molecular weight is 473 g/mol. The number of hydrogen-bond acceptors (Lipinski definition) is 4. The lowest BCUT2D eigenvalue weighted by Crippen LogP contribution is -2.74. The lowest BCUT2D eigenvalue weighted by Gasteiger charge is -2.54. The summed E-state index contributed by atoms with van der Waals surface area (Å²) in [6.07, 6.45) is 1.05. The molecule has 1 N–H and O–H groups in total. The molecular weight excluding hydrogens is 440 g/mol. The van der Waals surface area contributed by atoms with E-state index in [-0.39, 0.29) is 24.6 Å². The van der Waals surface area contributed by atoms with Crippen LogP contribution in [0.4, 0.5) is 4.79 Å². The minimum absolute atomic E-state index is 0.204. The Labute approximate surface area is 201 Å². The van der Waals surface area contributed by atoms with Gasteiger partial charge in [-0.15, -0.1) is 0 Å². The smallest absolute Gasteiger partial charge is 0.330 e. The molecule has 0 unspecified atom stereocenters. The van der Waals surface area contributed by atoms with E-state index in [4.69, 9.17) is 16.3 Å². The minimum atomic E-state index is -0.807. The third-order valence-corrected chi connectivity index (χ3v) is 7.11. The number of imide groups is 1. The molecule has 3 rings (SSSR count). The van der Waals surface area contributed by atoms with Crippen LogP contribution in [-0.2, 0) is 11.4 Å². The zero-order valence-corrected chi connectivity index (χ0v) is 20.5. The van der Waals surface area contributed by atoms with Gasteiger partial charge in [0.25, 0.3) is 0 Å². The Bertz CT molecular complexity index is 978. The van der Waals surface area contributed by atoms with E-state index in [1.807, 2.05) is 58.0 Å². The van der Waals surface area contributed by atoms with Gasteiger partial charge in [0.05, 0.1) is 12.6 Å². The number of amides is 3. The molecule has 0 radical (unpaired) electrons. The lowest BCUT2D eigenvalue weighted by atomic mass is 9.72. The summed E-state index contributed by atoms with van der Waals surface area (Å²) in [6, 6.07) is 14.3. The molecule has 0 saturated carbocycles. The van der Waals surface area contributed by atoms with Gasteiger partial charge < -0.3 is 14.7 Å². The van der Waals surface area contributed by atoms with Gasteiger partial charge in [-0.2, -0.15) is 0 Å². The number of nitrogens with zero attached hydrogens (tertiary/aromatic N) is 2. The summed E-state index contributed by atoms with van der Waals surface area (Å²) in [5.41, 5.74) is 0.632. The molecule has 0 aliphatic carbocycles. The second-order valence-electron chi connectivity index (χ2n) is 8.45. The number of aliphatic hydroxyl groups is 1. The van der Waals surface area contributed by atoms with E-state index >= 15 is 0 Å². The molecule has 2 aromatic carbocycles. The molecule has 1 aliphatic heterocycles. The number of likely N-dealkylation sites (tertiary alicyclic amines) is 1. The quantitative estimate of drug-likeness (QED) is 0.469. The standard InChI is InChI=1S/C26H33ClN2O4/c1-5-16-28(18(4)19-12-9-8-10-13-19)25(32)29-23(31)26(6-2,7-3)24(29)33-22-15-11-14-21(27)20(22)17-30/h8-15,18,24,30H,5-7,16-17H2,1-4H3/t18-,24+/m1/s1. The number of β-lactam (4-membered cyclic amide) rings is 1. The van der Waals surface area contributed by atoms with Crippen molar-refractivity contribution in [2.45, 2.75) is 65.8 Å². The van der Waals surface area contributed by atoms with Gasteiger partial charge in [0.1, 0.15) is 11.2 Å². The number of aliphatic hydroxyl groups excluding tert-OH is 1. The van der Waals surface area contributed by atoms with Crippen LogP contribution >= 0.6 is 11.6 Å². The van der Waals surface area contributed by atoms with E-state index in [2.05, 4.69) is 0 Å². The van der Waals surface area contributed by atoms with Crippen LogP contribution in [0.15, 0.2) is 48.5 Å². The number of carbonyl (C=O) groups excluding carboxylic acids is 2. The molecule has 33 heavy (non-hydrogen) atoms. The van der Waals surface area contributed by atoms with Crippen LogP contribution in [0.2, 0.25) is 5.02 Å². The maximum atomic E-state index is 13.8. The van der Waals surface area contributed by atoms with Crippen molar-refractivity contribution in [3.8, 4) is 5.75 Å². The van der Waals surface area contributed by atoms with Gasteiger partial charge >= 0.3 is 6.03 Å². The number of hydrogen-bond donors (Lipinski definition) is 1. The number of halogens is 1. The second kappa shape index (κ2) is 10.6. The Morgan fingerprint density at radius 2 is 1.82 bits per heavy atom. The normalized spacial score (nSPS) is 17.9. The molecule has 7 heteroatoms. The lowest BCUT2D eigenvalue weighted by molar-refractivity contribution is -0.193. The zero-order valence-electron chi connectivity index (χ0n) is 19.8. The number of carbonyl (C=O) groups is 2. The highest BCUT2D eigenvalue weighted by Gasteiger charge is 2.63. The molecule has 1 fully saturated rings. The number of rotatable bonds is 9. The summed E-state index contributed by atoms with van der Waals surface area (Å²) in [6.45, 7) is 8.04. The molecule has 178 valence electrons. The van der Waals surface area contributed by atoms with Crippen LogP contribution in [0.3, 0.4) is 0 Å². The van der Waals surface area contributed by atoms with Gasteiger partial charge in [-0.1, -0.05) is 68.8 Å². The van der Waals surface area contributed by atoms with Crippen LogP contribution in [0, 0.1) is 5.41 Å². The summed E-state index contributed by atoms with van der Waals surface area (Å²) in [7, 11) is 0. The molecule has 1 saturated heterocycles. The molecule has 6 nitrogen and oxygen atoms in total. The van der Waals surface area contributed by atoms with E-state index in [9.17, 15) is 14.7 Å². The van der Waals surface area contributed by atoms with Crippen LogP contribution in [0.5, 0.6) is 5.75 Å². The molecular formula is C26H33ClN2O4. The topological polar surface area (TPSA) is 70.1 Å². The van der Waals surface area contributed by atoms with Gasteiger partial charge in [0.15, 0.2) is 6.23 Å². The molecule has 3 amide bonds. The summed E-state index contributed by atoms with van der Waals surface area (Å²) in [5.74, 6) is 0.154. The second-order valence-corrected chi connectivity index (χ2v) is 8.85. The Morgan fingerprint density at radius 3 is 2.39 bits per heavy atom. The van der Waals surface area contributed by atoms with Gasteiger partial charge in [-0.05, 0) is 43.9 Å². The molecule has 0 spiro atoms. The first-order valence-electron chi connectivity index (χ1n) is 11.6. The third kappa shape index (κ3) is 4.46. The third-order valence-electron chi connectivity index (χ3n) is 6.75. The van der Waals surface area contributed by atoms with E-state index in [1.54, 1.807) is 23.1 Å². The first-order chi connectivity index (χ1) is 15.9. The number of benzene rings is 2. The largest absolute Gasteiger partial charge is 0.468 e. The van der Waals surface area contributed by atoms with Gasteiger partial charge in [-0.3, -0.25) is 4.79 Å². The van der Waals surface area contributed by atoms with Crippen molar-refractivity contribution in [1.82, 2.24) is 9.80 Å². The molecule has 2 atom stereocenters. The summed E-state index contributed by atoms with van der Waals surface area (Å²) in [4.78, 5) is 30.1. The summed E-state index contributed by atoms with van der Waals surface area (Å²) >= 11 is 6.25. The van der Waals surface area contributed by atoms with E-state index in [1.165, 1.54) is 4.90 Å². The van der Waals surface area contributed by atoms with Crippen molar-refractivity contribution in [1.29, 1.82) is 0 Å². The fourth-order valence-electron chi connectivity index (χ4n) is 4.56. The van der Waals surface area contributed by atoms with E-state index in [0.29, 0.717) is 35.7 Å². The van der Waals surface area contributed by atoms with Crippen LogP contribution in [-0.4, -0.2) is 39.6 Å². The summed E-state index contributed by atoms with van der Waals surface area (Å²) in [5, 5.41) is 10.2. The molecule has 0 aromatic heterocycles. The molecule has 1 aliphatic rings. The fraction of sp³-hybridized carbons (Fsp3) is 0.462. The van der Waals surface area contributed by atoms with Crippen molar-refractivity contribution in [3.05, 3.63) is 64.7 Å². The predicted octanol–water partition coefficient (Wildman–Crippen LogP) is 5.78. The summed E-state index contributed by atoms with van der Waals surface area (Å²) < 4.78 is 6.28. The van der Waals surface area contributed by atoms with Crippen molar-refractivity contribution in [2.24, 2.45) is 5.41 Å². The van der Waals surface area contributed by atoms with Crippen LogP contribution in [0.1, 0.15) is 64.1 Å². The van der Waals surface area contributed by atoms with E-state index in [0.717, 1.165) is 12.0 Å². The van der Waals surface area contributed by atoms with E-state index < -0.39 is 11.6 Å². The van der Waals surface area contributed by atoms with Crippen molar-refractivity contribution in [3.63, 3.8) is 0 Å². The molecule has 2 aromatic rings. The Morgan fingerprint density at radius 1 is 1.15 bits per heavy atom. The van der Waals surface area contributed by atoms with Gasteiger partial charge in [-0.25, -0.2) is 9.69 Å². The van der Waals surface area contributed by atoms with Crippen LogP contribution < -0.4 is 4.74 Å². The molecule has 0 bridgehead atoms. The van der Waals surface area contributed by atoms with Gasteiger partial charge in [0, 0.05) is 17.1 Å². The maximum Gasteiger partial charge on any atom is 0.330 e. The zero-order chi connectivity index (χ0) is 24.2. The first-order valence-corrected chi connectivity index (χ1v) is 12.0. The molecule has 1 heterocycles. The Hall–Kier alpha value is -2.57. The highest BCUT2D eigenvalue weighted by atomic mass is 35.5. The first kappa shape index (κ1) is 25.1. The Kier molecular flexibility index (Phi) is 8.03. The average Bonchev–Trinajstić information content (AvgIpc) is 2.83. The van der Waals surface area contributed by atoms with Crippen LogP contribution in [0.25, 0.3) is 0 Å². The predicted molar refractivity (Wildman–Crippen MR) is 129 cm³/mol. The highest BCUT2D eigenvalue weighted by Crippen LogP contribution is 2.47. The monoisotopic (exact) mass is 472 g/mol. The highest BCUT2D eigenvalue weighted by molar-refractivity contribution is 6.31. The fourth-order valence-corrected chi connectivity index (χ4v) is 4.78. The number of ether oxygens (including phenoxy) is 1. The van der Waals surface area contributed by atoms with Crippen molar-refractivity contribution in [2.75, 3.05) is 6.54 Å². The number of urea groups is 1.